The number of benzene rings is 1. The van der Waals surface area contributed by atoms with Crippen LogP contribution in [0.25, 0.3) is 0 Å². The standard InChI is InChI=1S/C15H13BrClFN2O4/c1-20-7-9(15(23)24-5-4-21)13(12(17)14(20)22)19-11-3-2-8(16)6-10(11)18/h2-3,6-7,19,21H,4-5H2,1H3. The van der Waals surface area contributed by atoms with Gasteiger partial charge in [-0.3, -0.25) is 4.79 Å². The van der Waals surface area contributed by atoms with E-state index in [1.165, 1.54) is 25.4 Å². The Morgan fingerprint density at radius 3 is 2.83 bits per heavy atom. The lowest BCUT2D eigenvalue weighted by Crippen LogP contribution is -2.22. The second kappa shape index (κ2) is 7.78. The van der Waals surface area contributed by atoms with Crippen LogP contribution < -0.4 is 10.9 Å². The van der Waals surface area contributed by atoms with Gasteiger partial charge in [-0.2, -0.15) is 0 Å². The maximum absolute atomic E-state index is 14.0. The van der Waals surface area contributed by atoms with Gasteiger partial charge in [0.2, 0.25) is 0 Å². The number of nitrogens with one attached hydrogen (secondary N) is 1. The van der Waals surface area contributed by atoms with E-state index in [4.69, 9.17) is 21.4 Å². The summed E-state index contributed by atoms with van der Waals surface area (Å²) in [6.07, 6.45) is 1.23. The van der Waals surface area contributed by atoms with Gasteiger partial charge >= 0.3 is 5.97 Å². The smallest absolute Gasteiger partial charge is 0.341 e. The van der Waals surface area contributed by atoms with Crippen molar-refractivity contribution in [3.8, 4) is 0 Å². The van der Waals surface area contributed by atoms with E-state index >= 15 is 0 Å². The van der Waals surface area contributed by atoms with E-state index in [1.807, 2.05) is 0 Å². The average molecular weight is 420 g/mol. The zero-order valence-electron chi connectivity index (χ0n) is 12.5. The van der Waals surface area contributed by atoms with Crippen molar-refractivity contribution in [3.05, 3.63) is 55.6 Å². The lowest BCUT2D eigenvalue weighted by molar-refractivity contribution is 0.0434. The molecule has 0 aliphatic rings. The zero-order valence-corrected chi connectivity index (χ0v) is 14.8. The van der Waals surface area contributed by atoms with Gasteiger partial charge in [0, 0.05) is 17.7 Å². The molecule has 9 heteroatoms. The average Bonchev–Trinajstić information content (AvgIpc) is 2.54. The van der Waals surface area contributed by atoms with Crippen molar-refractivity contribution in [1.82, 2.24) is 4.57 Å². The first-order valence-corrected chi connectivity index (χ1v) is 7.91. The maximum atomic E-state index is 14.0. The van der Waals surface area contributed by atoms with Gasteiger partial charge < -0.3 is 19.7 Å². The summed E-state index contributed by atoms with van der Waals surface area (Å²) >= 11 is 9.17. The molecule has 0 saturated heterocycles. The van der Waals surface area contributed by atoms with Crippen LogP contribution in [0.1, 0.15) is 10.4 Å². The Labute approximate surface area is 149 Å². The molecule has 6 nitrogen and oxygen atoms in total. The topological polar surface area (TPSA) is 80.6 Å². The lowest BCUT2D eigenvalue weighted by atomic mass is 10.2. The van der Waals surface area contributed by atoms with Gasteiger partial charge in [0.15, 0.2) is 0 Å². The van der Waals surface area contributed by atoms with E-state index < -0.39 is 17.3 Å². The molecule has 0 radical (unpaired) electrons. The predicted octanol–water partition coefficient (Wildman–Crippen LogP) is 2.83. The first-order valence-electron chi connectivity index (χ1n) is 6.74. The number of aryl methyl sites for hydroxylation is 1. The summed E-state index contributed by atoms with van der Waals surface area (Å²) in [5, 5.41) is 11.1. The van der Waals surface area contributed by atoms with E-state index in [1.54, 1.807) is 6.07 Å². The van der Waals surface area contributed by atoms with Crippen LogP contribution >= 0.6 is 27.5 Å². The predicted molar refractivity (Wildman–Crippen MR) is 91.4 cm³/mol. The van der Waals surface area contributed by atoms with Gasteiger partial charge in [0.1, 0.15) is 23.0 Å². The van der Waals surface area contributed by atoms with E-state index in [0.29, 0.717) is 4.47 Å². The third-order valence-corrected chi connectivity index (χ3v) is 3.90. The molecule has 0 saturated carbocycles. The Bertz CT molecular complexity index is 841. The van der Waals surface area contributed by atoms with Gasteiger partial charge in [-0.1, -0.05) is 27.5 Å². The molecule has 0 amide bonds. The number of esters is 1. The Kier molecular flexibility index (Phi) is 5.98. The summed E-state index contributed by atoms with van der Waals surface area (Å²) in [6, 6.07) is 4.24. The summed E-state index contributed by atoms with van der Waals surface area (Å²) in [5.41, 5.74) is -0.651. The van der Waals surface area contributed by atoms with Crippen molar-refractivity contribution in [1.29, 1.82) is 0 Å². The summed E-state index contributed by atoms with van der Waals surface area (Å²) in [7, 11) is 1.42. The molecule has 0 atom stereocenters. The first-order chi connectivity index (χ1) is 11.3. The number of aromatic nitrogens is 1. The lowest BCUT2D eigenvalue weighted by Gasteiger charge is -2.15. The normalized spacial score (nSPS) is 10.5. The summed E-state index contributed by atoms with van der Waals surface area (Å²) in [4.78, 5) is 24.1. The minimum absolute atomic E-state index is 0.0320. The largest absolute Gasteiger partial charge is 0.460 e. The van der Waals surface area contributed by atoms with Crippen LogP contribution in [0.3, 0.4) is 0 Å². The van der Waals surface area contributed by atoms with Crippen molar-refractivity contribution in [2.45, 2.75) is 0 Å². The number of ether oxygens (including phenoxy) is 1. The summed E-state index contributed by atoms with van der Waals surface area (Å²) in [5.74, 6) is -1.41. The van der Waals surface area contributed by atoms with Crippen LogP contribution in [0.4, 0.5) is 15.8 Å². The number of halogens is 3. The van der Waals surface area contributed by atoms with Crippen LogP contribution in [0.5, 0.6) is 0 Å². The third-order valence-electron chi connectivity index (χ3n) is 3.05. The number of aliphatic hydroxyl groups excluding tert-OH is 1. The van der Waals surface area contributed by atoms with Crippen molar-refractivity contribution < 1.29 is 19.0 Å². The van der Waals surface area contributed by atoms with Crippen LogP contribution in [-0.2, 0) is 11.8 Å². The number of carbonyl (C=O) groups excluding carboxylic acids is 1. The SMILES string of the molecule is Cn1cc(C(=O)OCCO)c(Nc2ccc(Br)cc2F)c(Cl)c1=O. The minimum atomic E-state index is -0.804. The molecule has 1 heterocycles. The second-order valence-corrected chi connectivity index (χ2v) is 6.05. The fraction of sp³-hybridized carbons (Fsp3) is 0.200. The minimum Gasteiger partial charge on any atom is -0.460 e. The number of nitrogens with zero attached hydrogens (tertiary/aromatic N) is 1. The van der Waals surface area contributed by atoms with Gasteiger partial charge in [-0.25, -0.2) is 9.18 Å². The quantitative estimate of drug-likeness (QED) is 0.729. The third kappa shape index (κ3) is 3.95. The van der Waals surface area contributed by atoms with Crippen LogP contribution in [-0.4, -0.2) is 28.9 Å². The van der Waals surface area contributed by atoms with E-state index in [9.17, 15) is 14.0 Å². The van der Waals surface area contributed by atoms with Crippen LogP contribution in [0, 0.1) is 5.82 Å². The molecule has 2 rings (SSSR count). The van der Waals surface area contributed by atoms with Gasteiger partial charge in [0.25, 0.3) is 5.56 Å². The molecule has 0 fully saturated rings. The highest BCUT2D eigenvalue weighted by Crippen LogP contribution is 2.29. The number of hydrogen-bond acceptors (Lipinski definition) is 5. The van der Waals surface area contributed by atoms with E-state index in [0.717, 1.165) is 4.57 Å². The van der Waals surface area contributed by atoms with Crippen molar-refractivity contribution in [2.24, 2.45) is 7.05 Å². The summed E-state index contributed by atoms with van der Waals surface area (Å²) < 4.78 is 20.5. The van der Waals surface area contributed by atoms with Gasteiger partial charge in [-0.15, -0.1) is 0 Å². The zero-order chi connectivity index (χ0) is 17.9. The number of carbonyl (C=O) groups is 1. The Morgan fingerprint density at radius 1 is 1.50 bits per heavy atom. The Hall–Kier alpha value is -1.90. The highest BCUT2D eigenvalue weighted by Gasteiger charge is 2.21. The number of hydrogen-bond donors (Lipinski definition) is 2. The van der Waals surface area contributed by atoms with E-state index in [-0.39, 0.29) is 35.2 Å². The number of anilines is 2. The molecule has 2 N–H and O–H groups in total. The molecule has 1 aromatic carbocycles. The van der Waals surface area contributed by atoms with Gasteiger partial charge in [-0.05, 0) is 18.2 Å². The highest BCUT2D eigenvalue weighted by molar-refractivity contribution is 9.10. The fourth-order valence-electron chi connectivity index (χ4n) is 1.92. The van der Waals surface area contributed by atoms with Crippen LogP contribution in [0.15, 0.2) is 33.7 Å². The van der Waals surface area contributed by atoms with Gasteiger partial charge in [0.05, 0.1) is 18.0 Å². The van der Waals surface area contributed by atoms with Crippen LogP contribution in [0.2, 0.25) is 5.02 Å². The molecule has 0 aliphatic carbocycles. The first kappa shape index (κ1) is 18.4. The molecule has 0 unspecified atom stereocenters. The molecule has 0 spiro atoms. The number of pyridine rings is 1. The fourth-order valence-corrected chi connectivity index (χ4v) is 2.53. The second-order valence-electron chi connectivity index (χ2n) is 4.76. The van der Waals surface area contributed by atoms with Crippen molar-refractivity contribution in [3.63, 3.8) is 0 Å². The van der Waals surface area contributed by atoms with Crippen molar-refractivity contribution in [2.75, 3.05) is 18.5 Å². The highest BCUT2D eigenvalue weighted by atomic mass is 79.9. The molecular weight excluding hydrogens is 407 g/mol. The number of rotatable bonds is 5. The maximum Gasteiger partial charge on any atom is 0.341 e. The molecular formula is C15H13BrClFN2O4. The molecule has 128 valence electrons. The molecule has 2 aromatic rings. The molecule has 1 aromatic heterocycles. The monoisotopic (exact) mass is 418 g/mol. The van der Waals surface area contributed by atoms with Crippen molar-refractivity contribution >= 4 is 44.9 Å². The Balaban J connectivity index is 2.52. The number of aliphatic hydroxyl groups is 1. The van der Waals surface area contributed by atoms with E-state index in [2.05, 4.69) is 21.2 Å². The molecule has 0 aliphatic heterocycles. The Morgan fingerprint density at radius 2 is 2.21 bits per heavy atom. The summed E-state index contributed by atoms with van der Waals surface area (Å²) in [6.45, 7) is -0.569. The molecule has 0 bridgehead atoms. The molecule has 24 heavy (non-hydrogen) atoms.